The molecule has 9 nitrogen and oxygen atoms in total. The average Bonchev–Trinajstić information content (AvgIpc) is 2.98. The predicted octanol–water partition coefficient (Wildman–Crippen LogP) is 1.49. The molecule has 22 heavy (non-hydrogen) atoms. The van der Waals surface area contributed by atoms with E-state index in [0.29, 0.717) is 0 Å². The van der Waals surface area contributed by atoms with Crippen LogP contribution in [0, 0.1) is 10.1 Å². The fourth-order valence-corrected chi connectivity index (χ4v) is 1.45. The number of Topliss-reactive ketones (excluding diaryl/α,β-unsaturated/α-hetero) is 1. The van der Waals surface area contributed by atoms with Crippen molar-refractivity contribution in [2.45, 2.75) is 0 Å². The highest BCUT2D eigenvalue weighted by atomic mass is 16.6. The second-order valence-corrected chi connectivity index (χ2v) is 4.01. The summed E-state index contributed by atoms with van der Waals surface area (Å²) < 4.78 is 4.68. The highest BCUT2D eigenvalue weighted by Gasteiger charge is 2.16. The topological polar surface area (TPSA) is 135 Å². The minimum absolute atomic E-state index is 0.00893. The molecular formula is C13H9N3O6. The Labute approximate surface area is 123 Å². The third-order valence-electron chi connectivity index (χ3n) is 2.49. The molecule has 1 amide bonds. The Bertz CT molecular complexity index is 747. The van der Waals surface area contributed by atoms with Crippen LogP contribution in [0.3, 0.4) is 0 Å². The molecule has 0 bridgehead atoms. The van der Waals surface area contributed by atoms with Crippen molar-refractivity contribution >= 4 is 23.8 Å². The van der Waals surface area contributed by atoms with Crippen molar-refractivity contribution in [3.63, 3.8) is 0 Å². The predicted molar refractivity (Wildman–Crippen MR) is 73.8 cm³/mol. The molecule has 1 heterocycles. The van der Waals surface area contributed by atoms with Gasteiger partial charge in [0.05, 0.1) is 12.3 Å². The summed E-state index contributed by atoms with van der Waals surface area (Å²) in [4.78, 5) is 32.9. The molecule has 0 radical (unpaired) electrons. The number of carbonyl (C=O) groups is 2. The number of hydrogen-bond acceptors (Lipinski definition) is 7. The van der Waals surface area contributed by atoms with E-state index in [1.165, 1.54) is 24.3 Å². The minimum Gasteiger partial charge on any atom is -0.508 e. The van der Waals surface area contributed by atoms with E-state index in [2.05, 4.69) is 14.9 Å². The van der Waals surface area contributed by atoms with Crippen molar-refractivity contribution in [2.24, 2.45) is 5.10 Å². The lowest BCUT2D eigenvalue weighted by Gasteiger charge is -1.99. The van der Waals surface area contributed by atoms with Gasteiger partial charge in [-0.15, -0.1) is 0 Å². The summed E-state index contributed by atoms with van der Waals surface area (Å²) in [6.45, 7) is 0. The Morgan fingerprint density at radius 1 is 1.23 bits per heavy atom. The van der Waals surface area contributed by atoms with Crippen LogP contribution in [0.2, 0.25) is 0 Å². The number of nitro groups is 1. The van der Waals surface area contributed by atoms with E-state index < -0.39 is 22.5 Å². The third kappa shape index (κ3) is 3.54. The lowest BCUT2D eigenvalue weighted by Crippen LogP contribution is -2.18. The summed E-state index contributed by atoms with van der Waals surface area (Å²) in [5.41, 5.74) is 2.33. The van der Waals surface area contributed by atoms with Crippen molar-refractivity contribution in [1.82, 2.24) is 5.43 Å². The van der Waals surface area contributed by atoms with Gasteiger partial charge in [-0.2, -0.15) is 5.10 Å². The maximum atomic E-state index is 11.6. The fourth-order valence-electron chi connectivity index (χ4n) is 1.45. The Morgan fingerprint density at radius 2 is 1.91 bits per heavy atom. The number of amides is 1. The zero-order valence-corrected chi connectivity index (χ0v) is 10.9. The summed E-state index contributed by atoms with van der Waals surface area (Å²) in [5, 5.41) is 22.9. The number of nitrogens with zero attached hydrogens (tertiary/aromatic N) is 2. The molecule has 0 fully saturated rings. The lowest BCUT2D eigenvalue weighted by atomic mass is 10.2. The summed E-state index contributed by atoms with van der Waals surface area (Å²) in [7, 11) is 0. The van der Waals surface area contributed by atoms with Gasteiger partial charge in [0.25, 0.3) is 5.91 Å². The van der Waals surface area contributed by atoms with Gasteiger partial charge in [0.15, 0.2) is 5.76 Å². The number of ketones is 1. The van der Waals surface area contributed by atoms with Gasteiger partial charge in [0.2, 0.25) is 5.78 Å². The number of rotatable bonds is 5. The van der Waals surface area contributed by atoms with E-state index in [1.54, 1.807) is 0 Å². The molecule has 0 aliphatic heterocycles. The molecule has 0 aliphatic rings. The number of furan rings is 1. The Hall–Kier alpha value is -3.49. The first-order chi connectivity index (χ1) is 10.5. The number of aromatic hydroxyl groups is 1. The molecule has 2 rings (SSSR count). The maximum absolute atomic E-state index is 11.6. The normalized spacial score (nSPS) is 10.5. The molecule has 0 spiro atoms. The first kappa shape index (κ1) is 14.9. The third-order valence-corrected chi connectivity index (χ3v) is 2.49. The Kier molecular flexibility index (Phi) is 4.27. The molecule has 0 atom stereocenters. The van der Waals surface area contributed by atoms with Crippen LogP contribution < -0.4 is 5.43 Å². The summed E-state index contributed by atoms with van der Waals surface area (Å²) in [6, 6.07) is 7.57. The van der Waals surface area contributed by atoms with Crippen molar-refractivity contribution < 1.29 is 24.0 Å². The molecule has 0 saturated carbocycles. The van der Waals surface area contributed by atoms with Gasteiger partial charge in [-0.25, -0.2) is 5.43 Å². The quantitative estimate of drug-likeness (QED) is 0.372. The highest BCUT2D eigenvalue weighted by molar-refractivity contribution is 6.34. The molecular weight excluding hydrogens is 294 g/mol. The van der Waals surface area contributed by atoms with Crippen LogP contribution in [-0.2, 0) is 0 Å². The van der Waals surface area contributed by atoms with Gasteiger partial charge in [-0.1, -0.05) is 0 Å². The minimum atomic E-state index is -0.777. The van der Waals surface area contributed by atoms with Crippen LogP contribution in [0.25, 0.3) is 0 Å². The highest BCUT2D eigenvalue weighted by Crippen LogP contribution is 2.15. The number of nitrogens with one attached hydrogen (secondary N) is 1. The molecule has 0 unspecified atom stereocenters. The maximum Gasteiger partial charge on any atom is 0.433 e. The molecule has 0 aliphatic carbocycles. The van der Waals surface area contributed by atoms with Crippen LogP contribution in [0.4, 0.5) is 5.88 Å². The zero-order chi connectivity index (χ0) is 16.1. The van der Waals surface area contributed by atoms with E-state index in [1.807, 2.05) is 0 Å². The zero-order valence-electron chi connectivity index (χ0n) is 10.9. The molecule has 112 valence electrons. The first-order valence-electron chi connectivity index (χ1n) is 5.88. The van der Waals surface area contributed by atoms with Crippen molar-refractivity contribution in [1.29, 1.82) is 0 Å². The van der Waals surface area contributed by atoms with Gasteiger partial charge in [0, 0.05) is 5.56 Å². The van der Waals surface area contributed by atoms with Crippen molar-refractivity contribution in [3.05, 3.63) is 57.8 Å². The van der Waals surface area contributed by atoms with E-state index >= 15 is 0 Å². The van der Waals surface area contributed by atoms with Crippen LogP contribution >= 0.6 is 0 Å². The standard InChI is InChI=1S/C13H9N3O6/c17-9-3-1-8(2-4-9)13(19)15-14-7-10(18)11-5-6-12(22-11)16(20)21/h1-7,17H,(H,15,19)/b14-7+. The first-order valence-corrected chi connectivity index (χ1v) is 5.88. The number of hydrazone groups is 1. The van der Waals surface area contributed by atoms with E-state index in [-0.39, 0.29) is 17.1 Å². The van der Waals surface area contributed by atoms with Gasteiger partial charge in [-0.3, -0.25) is 19.7 Å². The van der Waals surface area contributed by atoms with Gasteiger partial charge in [-0.05, 0) is 30.3 Å². The van der Waals surface area contributed by atoms with E-state index in [9.17, 15) is 19.7 Å². The summed E-state index contributed by atoms with van der Waals surface area (Å²) in [6.07, 6.45) is 0.765. The van der Waals surface area contributed by atoms with Gasteiger partial charge >= 0.3 is 5.88 Å². The number of carbonyl (C=O) groups excluding carboxylic acids is 2. The number of hydrogen-bond donors (Lipinski definition) is 2. The lowest BCUT2D eigenvalue weighted by molar-refractivity contribution is -0.402. The average molecular weight is 303 g/mol. The monoisotopic (exact) mass is 303 g/mol. The number of phenols is 1. The van der Waals surface area contributed by atoms with Crippen molar-refractivity contribution in [3.8, 4) is 5.75 Å². The SMILES string of the molecule is O=C(N/N=C/C(=O)c1ccc([N+](=O)[O-])o1)c1ccc(O)cc1. The summed E-state index contributed by atoms with van der Waals surface area (Å²) >= 11 is 0. The second kappa shape index (κ2) is 6.31. The van der Waals surface area contributed by atoms with Crippen LogP contribution in [0.1, 0.15) is 20.9 Å². The smallest absolute Gasteiger partial charge is 0.433 e. The Morgan fingerprint density at radius 3 is 2.50 bits per heavy atom. The van der Waals surface area contributed by atoms with Crippen LogP contribution in [-0.4, -0.2) is 27.9 Å². The molecule has 2 N–H and O–H groups in total. The molecule has 1 aromatic heterocycles. The number of benzene rings is 1. The number of phenolic OH excluding ortho intramolecular Hbond substituents is 1. The molecule has 0 saturated heterocycles. The second-order valence-electron chi connectivity index (χ2n) is 4.01. The molecule has 2 aromatic rings. The van der Waals surface area contributed by atoms with Crippen LogP contribution in [0.5, 0.6) is 5.75 Å². The largest absolute Gasteiger partial charge is 0.508 e. The van der Waals surface area contributed by atoms with Crippen molar-refractivity contribution in [2.75, 3.05) is 0 Å². The van der Waals surface area contributed by atoms with Crippen LogP contribution in [0.15, 0.2) is 45.9 Å². The van der Waals surface area contributed by atoms with Gasteiger partial charge in [0.1, 0.15) is 10.7 Å². The van der Waals surface area contributed by atoms with Gasteiger partial charge < -0.3 is 9.52 Å². The van der Waals surface area contributed by atoms with E-state index in [0.717, 1.165) is 18.3 Å². The fraction of sp³-hybridized carbons (Fsp3) is 0. The van der Waals surface area contributed by atoms with E-state index in [4.69, 9.17) is 5.11 Å². The Balaban J connectivity index is 1.96. The molecule has 9 heteroatoms. The summed E-state index contributed by atoms with van der Waals surface area (Å²) in [5.74, 6) is -2.15. The molecule has 1 aromatic carbocycles.